The topological polar surface area (TPSA) is 69.7 Å². The van der Waals surface area contributed by atoms with Crippen LogP contribution in [0, 0.1) is 17.6 Å². The van der Waals surface area contributed by atoms with Crippen LogP contribution in [0.4, 0.5) is 14.5 Å². The van der Waals surface area contributed by atoms with Crippen LogP contribution in [0.3, 0.4) is 0 Å². The number of piperidine rings is 1. The molecule has 1 amide bonds. The number of hydrogen-bond acceptors (Lipinski definition) is 4. The van der Waals surface area contributed by atoms with Crippen molar-refractivity contribution in [1.29, 1.82) is 0 Å². The molecule has 0 aliphatic carbocycles. The lowest BCUT2D eigenvalue weighted by Gasteiger charge is -2.32. The Morgan fingerprint density at radius 2 is 1.79 bits per heavy atom. The van der Waals surface area contributed by atoms with Crippen LogP contribution in [0.1, 0.15) is 43.0 Å². The highest BCUT2D eigenvalue weighted by atomic mass is 32.2. The summed E-state index contributed by atoms with van der Waals surface area (Å²) in [7, 11) is -3.57. The van der Waals surface area contributed by atoms with Gasteiger partial charge < -0.3 is 10.2 Å². The van der Waals surface area contributed by atoms with Crippen molar-refractivity contribution in [3.05, 3.63) is 59.7 Å². The zero-order valence-electron chi connectivity index (χ0n) is 18.6. The van der Waals surface area contributed by atoms with Crippen LogP contribution in [-0.4, -0.2) is 50.9 Å². The molecule has 33 heavy (non-hydrogen) atoms. The number of carbonyl (C=O) groups excluding carboxylic acids is 1. The van der Waals surface area contributed by atoms with E-state index in [9.17, 15) is 22.0 Å². The molecule has 1 N–H and O–H groups in total. The summed E-state index contributed by atoms with van der Waals surface area (Å²) in [6, 6.07) is 9.91. The summed E-state index contributed by atoms with van der Waals surface area (Å²) in [5, 5.41) is 2.90. The van der Waals surface area contributed by atoms with Crippen LogP contribution in [-0.2, 0) is 10.0 Å². The van der Waals surface area contributed by atoms with E-state index in [1.165, 1.54) is 18.2 Å². The zero-order chi connectivity index (χ0) is 23.6. The van der Waals surface area contributed by atoms with Crippen molar-refractivity contribution in [2.24, 2.45) is 5.92 Å². The molecule has 2 aliphatic heterocycles. The molecule has 0 bridgehead atoms. The standard InChI is InChI=1S/C24H29F2N3O3S/c1-17-4-2-3-12-29(17)33(31,32)21-8-5-19(6-9-21)24(30)27-15-18-11-13-28(16-18)20-7-10-22(25)23(26)14-20/h5-10,14,17-18H,2-4,11-13,15-16H2,1H3,(H,27,30). The van der Waals surface area contributed by atoms with Crippen LogP contribution in [0.25, 0.3) is 0 Å². The summed E-state index contributed by atoms with van der Waals surface area (Å²) in [6.45, 7) is 4.23. The Bertz CT molecular complexity index is 1110. The first-order valence-corrected chi connectivity index (χ1v) is 12.8. The minimum atomic E-state index is -3.57. The zero-order valence-corrected chi connectivity index (χ0v) is 19.5. The van der Waals surface area contributed by atoms with Crippen LogP contribution in [0.5, 0.6) is 0 Å². The van der Waals surface area contributed by atoms with Crippen molar-refractivity contribution in [1.82, 2.24) is 9.62 Å². The van der Waals surface area contributed by atoms with Gasteiger partial charge >= 0.3 is 0 Å². The summed E-state index contributed by atoms with van der Waals surface area (Å²) in [5.74, 6) is -1.82. The quantitative estimate of drug-likeness (QED) is 0.688. The van der Waals surface area contributed by atoms with E-state index in [2.05, 4.69) is 5.32 Å². The van der Waals surface area contributed by atoms with Gasteiger partial charge in [-0.1, -0.05) is 6.42 Å². The monoisotopic (exact) mass is 477 g/mol. The second kappa shape index (κ2) is 9.77. The molecule has 4 rings (SSSR count). The van der Waals surface area contributed by atoms with E-state index in [-0.39, 0.29) is 22.8 Å². The maximum atomic E-state index is 13.5. The van der Waals surface area contributed by atoms with E-state index in [0.29, 0.717) is 37.4 Å². The first kappa shape index (κ1) is 23.6. The van der Waals surface area contributed by atoms with Crippen molar-refractivity contribution in [3.63, 3.8) is 0 Å². The number of benzene rings is 2. The molecule has 2 saturated heterocycles. The summed E-state index contributed by atoms with van der Waals surface area (Å²) in [6.07, 6.45) is 3.57. The smallest absolute Gasteiger partial charge is 0.251 e. The fraction of sp³-hybridized carbons (Fsp3) is 0.458. The van der Waals surface area contributed by atoms with Gasteiger partial charge in [-0.3, -0.25) is 4.79 Å². The molecule has 0 aromatic heterocycles. The van der Waals surface area contributed by atoms with Gasteiger partial charge in [-0.25, -0.2) is 17.2 Å². The summed E-state index contributed by atoms with van der Waals surface area (Å²) in [4.78, 5) is 14.7. The summed E-state index contributed by atoms with van der Waals surface area (Å²) < 4.78 is 54.1. The number of anilines is 1. The average Bonchev–Trinajstić information content (AvgIpc) is 3.28. The fourth-order valence-electron chi connectivity index (χ4n) is 4.60. The van der Waals surface area contributed by atoms with E-state index in [1.54, 1.807) is 22.5 Å². The Morgan fingerprint density at radius 1 is 1.03 bits per heavy atom. The van der Waals surface area contributed by atoms with Crippen LogP contribution < -0.4 is 10.2 Å². The molecule has 0 saturated carbocycles. The lowest BCUT2D eigenvalue weighted by molar-refractivity contribution is 0.0948. The minimum absolute atomic E-state index is 0.0240. The van der Waals surface area contributed by atoms with Crippen LogP contribution >= 0.6 is 0 Å². The lowest BCUT2D eigenvalue weighted by atomic mass is 10.1. The molecule has 0 spiro atoms. The van der Waals surface area contributed by atoms with Gasteiger partial charge in [0.15, 0.2) is 11.6 Å². The number of halogens is 2. The summed E-state index contributed by atoms with van der Waals surface area (Å²) >= 11 is 0. The predicted octanol–water partition coefficient (Wildman–Crippen LogP) is 3.78. The predicted molar refractivity (Wildman–Crippen MR) is 123 cm³/mol. The number of carbonyl (C=O) groups is 1. The van der Waals surface area contributed by atoms with E-state index < -0.39 is 21.7 Å². The Hall–Kier alpha value is -2.52. The summed E-state index contributed by atoms with van der Waals surface area (Å²) in [5.41, 5.74) is 1.03. The number of hydrogen-bond donors (Lipinski definition) is 1. The normalized spacial score (nSPS) is 21.8. The van der Waals surface area contributed by atoms with Gasteiger partial charge in [0.25, 0.3) is 5.91 Å². The highest BCUT2D eigenvalue weighted by Crippen LogP contribution is 2.26. The lowest BCUT2D eigenvalue weighted by Crippen LogP contribution is -2.41. The highest BCUT2D eigenvalue weighted by Gasteiger charge is 2.31. The molecule has 2 aromatic carbocycles. The van der Waals surface area contributed by atoms with E-state index in [4.69, 9.17) is 0 Å². The van der Waals surface area contributed by atoms with E-state index in [0.717, 1.165) is 31.7 Å². The molecule has 0 radical (unpaired) electrons. The molecular weight excluding hydrogens is 448 g/mol. The van der Waals surface area contributed by atoms with Gasteiger partial charge in [-0.05, 0) is 68.5 Å². The fourth-order valence-corrected chi connectivity index (χ4v) is 6.30. The van der Waals surface area contributed by atoms with Crippen molar-refractivity contribution in [2.75, 3.05) is 31.1 Å². The molecule has 9 heteroatoms. The molecule has 2 heterocycles. The number of nitrogens with zero attached hydrogens (tertiary/aromatic N) is 2. The first-order chi connectivity index (χ1) is 15.8. The number of nitrogens with one attached hydrogen (secondary N) is 1. The number of amides is 1. The maximum absolute atomic E-state index is 13.5. The van der Waals surface area contributed by atoms with Crippen LogP contribution in [0.2, 0.25) is 0 Å². The third-order valence-corrected chi connectivity index (χ3v) is 8.60. The molecule has 6 nitrogen and oxygen atoms in total. The van der Waals surface area contributed by atoms with Crippen molar-refractivity contribution >= 4 is 21.6 Å². The SMILES string of the molecule is CC1CCCCN1S(=O)(=O)c1ccc(C(=O)NCC2CCN(c3ccc(F)c(F)c3)C2)cc1. The largest absolute Gasteiger partial charge is 0.371 e. The third kappa shape index (κ3) is 5.19. The Kier molecular flexibility index (Phi) is 6.99. The van der Waals surface area contributed by atoms with Crippen molar-refractivity contribution < 1.29 is 22.0 Å². The molecule has 2 unspecified atom stereocenters. The van der Waals surface area contributed by atoms with Gasteiger partial charge in [-0.2, -0.15) is 4.31 Å². The first-order valence-electron chi connectivity index (χ1n) is 11.4. The molecule has 2 aliphatic rings. The number of sulfonamides is 1. The second-order valence-corrected chi connectivity index (χ2v) is 10.8. The van der Waals surface area contributed by atoms with E-state index in [1.807, 2.05) is 11.8 Å². The van der Waals surface area contributed by atoms with Crippen molar-refractivity contribution in [2.45, 2.75) is 43.5 Å². The van der Waals surface area contributed by atoms with Crippen molar-refractivity contribution in [3.8, 4) is 0 Å². The maximum Gasteiger partial charge on any atom is 0.251 e. The molecule has 178 valence electrons. The third-order valence-electron chi connectivity index (χ3n) is 6.57. The Labute approximate surface area is 193 Å². The molecule has 2 atom stereocenters. The van der Waals surface area contributed by atoms with Crippen LogP contribution in [0.15, 0.2) is 47.4 Å². The van der Waals surface area contributed by atoms with Gasteiger partial charge in [0, 0.05) is 49.5 Å². The van der Waals surface area contributed by atoms with Gasteiger partial charge in [0.05, 0.1) is 4.90 Å². The molecule has 2 aromatic rings. The van der Waals surface area contributed by atoms with Gasteiger partial charge in [-0.15, -0.1) is 0 Å². The Morgan fingerprint density at radius 3 is 2.48 bits per heavy atom. The molecule has 2 fully saturated rings. The number of rotatable bonds is 6. The average molecular weight is 478 g/mol. The second-order valence-electron chi connectivity index (χ2n) is 8.89. The molecular formula is C24H29F2N3O3S. The minimum Gasteiger partial charge on any atom is -0.371 e. The van der Waals surface area contributed by atoms with E-state index >= 15 is 0 Å². The highest BCUT2D eigenvalue weighted by molar-refractivity contribution is 7.89. The van der Waals surface area contributed by atoms with Gasteiger partial charge in [0.1, 0.15) is 0 Å². The Balaban J connectivity index is 1.32. The van der Waals surface area contributed by atoms with Gasteiger partial charge in [0.2, 0.25) is 10.0 Å².